The van der Waals surface area contributed by atoms with Gasteiger partial charge in [-0.2, -0.15) is 0 Å². The second-order valence-electron chi connectivity index (χ2n) is 6.66. The van der Waals surface area contributed by atoms with Crippen LogP contribution in [0.3, 0.4) is 0 Å². The summed E-state index contributed by atoms with van der Waals surface area (Å²) in [5.41, 5.74) is 1.76. The SMILES string of the molecule is COc1ccc(C(C)(C)C)cc1NS(=O)(=O)c1cccc2nonc12. The molecule has 0 aliphatic rings. The van der Waals surface area contributed by atoms with Crippen LogP contribution in [0.2, 0.25) is 0 Å². The predicted molar refractivity (Wildman–Crippen MR) is 94.3 cm³/mol. The van der Waals surface area contributed by atoms with Gasteiger partial charge in [0.1, 0.15) is 16.2 Å². The minimum atomic E-state index is -3.90. The van der Waals surface area contributed by atoms with E-state index in [2.05, 4.69) is 40.4 Å². The Morgan fingerprint density at radius 1 is 1.12 bits per heavy atom. The molecule has 0 bridgehead atoms. The monoisotopic (exact) mass is 361 g/mol. The number of ether oxygens (including phenoxy) is 1. The van der Waals surface area contributed by atoms with E-state index in [4.69, 9.17) is 4.74 Å². The van der Waals surface area contributed by atoms with Crippen LogP contribution in [0.25, 0.3) is 11.0 Å². The Labute approximate surface area is 146 Å². The van der Waals surface area contributed by atoms with Crippen LogP contribution in [0.5, 0.6) is 5.75 Å². The lowest BCUT2D eigenvalue weighted by atomic mass is 9.87. The average Bonchev–Trinajstić information content (AvgIpc) is 3.01. The molecule has 0 aliphatic heterocycles. The number of rotatable bonds is 4. The van der Waals surface area contributed by atoms with Crippen LogP contribution in [0.1, 0.15) is 26.3 Å². The summed E-state index contributed by atoms with van der Waals surface area (Å²) in [6.45, 7) is 6.15. The summed E-state index contributed by atoms with van der Waals surface area (Å²) in [6, 6.07) is 10.1. The molecule has 0 spiro atoms. The lowest BCUT2D eigenvalue weighted by molar-refractivity contribution is 0.315. The molecular weight excluding hydrogens is 342 g/mol. The van der Waals surface area contributed by atoms with Gasteiger partial charge in [-0.25, -0.2) is 13.0 Å². The average molecular weight is 361 g/mol. The van der Waals surface area contributed by atoms with Gasteiger partial charge in [0.15, 0.2) is 5.52 Å². The van der Waals surface area contributed by atoms with Gasteiger partial charge in [-0.05, 0) is 45.6 Å². The van der Waals surface area contributed by atoms with Gasteiger partial charge in [0.2, 0.25) is 0 Å². The van der Waals surface area contributed by atoms with Crippen molar-refractivity contribution in [3.63, 3.8) is 0 Å². The fraction of sp³-hybridized carbons (Fsp3) is 0.294. The summed E-state index contributed by atoms with van der Waals surface area (Å²) in [4.78, 5) is -0.00513. The van der Waals surface area contributed by atoms with Crippen LogP contribution in [-0.4, -0.2) is 25.8 Å². The Balaban J connectivity index is 2.08. The zero-order valence-corrected chi connectivity index (χ0v) is 15.2. The number of hydrogen-bond donors (Lipinski definition) is 1. The lowest BCUT2D eigenvalue weighted by Gasteiger charge is -2.21. The van der Waals surface area contributed by atoms with E-state index in [0.29, 0.717) is 17.0 Å². The maximum Gasteiger partial charge on any atom is 0.264 e. The Morgan fingerprint density at radius 3 is 2.56 bits per heavy atom. The molecule has 3 aromatic rings. The van der Waals surface area contributed by atoms with Crippen molar-refractivity contribution in [3.8, 4) is 5.75 Å². The van der Waals surface area contributed by atoms with E-state index in [1.54, 1.807) is 24.3 Å². The Kier molecular flexibility index (Phi) is 4.16. The topological polar surface area (TPSA) is 94.3 Å². The fourth-order valence-corrected chi connectivity index (χ4v) is 3.67. The molecule has 0 unspecified atom stereocenters. The van der Waals surface area contributed by atoms with Gasteiger partial charge < -0.3 is 4.74 Å². The molecule has 1 heterocycles. The van der Waals surface area contributed by atoms with Gasteiger partial charge in [0.25, 0.3) is 10.0 Å². The molecule has 0 fully saturated rings. The van der Waals surface area contributed by atoms with Gasteiger partial charge in [-0.3, -0.25) is 4.72 Å². The van der Waals surface area contributed by atoms with Crippen LogP contribution < -0.4 is 9.46 Å². The zero-order chi connectivity index (χ0) is 18.2. The highest BCUT2D eigenvalue weighted by molar-refractivity contribution is 7.93. The van der Waals surface area contributed by atoms with Crippen molar-refractivity contribution in [1.29, 1.82) is 0 Å². The summed E-state index contributed by atoms with van der Waals surface area (Å²) in [5.74, 6) is 0.432. The first-order valence-corrected chi connectivity index (χ1v) is 9.13. The zero-order valence-electron chi connectivity index (χ0n) is 14.4. The van der Waals surface area contributed by atoms with E-state index in [-0.39, 0.29) is 15.8 Å². The van der Waals surface area contributed by atoms with Crippen molar-refractivity contribution < 1.29 is 17.8 Å². The van der Waals surface area contributed by atoms with Crippen molar-refractivity contribution in [3.05, 3.63) is 42.0 Å². The van der Waals surface area contributed by atoms with Crippen LogP contribution in [0.15, 0.2) is 45.9 Å². The summed E-state index contributed by atoms with van der Waals surface area (Å²) in [7, 11) is -2.40. The molecule has 0 aliphatic carbocycles. The van der Waals surface area contributed by atoms with Crippen molar-refractivity contribution in [2.45, 2.75) is 31.1 Å². The lowest BCUT2D eigenvalue weighted by Crippen LogP contribution is -2.16. The Bertz CT molecular complexity index is 1020. The maximum absolute atomic E-state index is 12.9. The first-order valence-electron chi connectivity index (χ1n) is 7.65. The van der Waals surface area contributed by atoms with E-state index < -0.39 is 10.0 Å². The first kappa shape index (κ1) is 17.2. The molecule has 25 heavy (non-hydrogen) atoms. The standard InChI is InChI=1S/C17H19N3O4S/c1-17(2,3)11-8-9-14(23-4)13(10-11)20-25(21,22)15-7-5-6-12-16(15)19-24-18-12/h5-10,20H,1-4H3. The van der Waals surface area contributed by atoms with Crippen molar-refractivity contribution in [1.82, 2.24) is 10.3 Å². The number of benzene rings is 2. The van der Waals surface area contributed by atoms with Gasteiger partial charge in [0.05, 0.1) is 12.8 Å². The Hall–Kier alpha value is -2.61. The molecule has 132 valence electrons. The van der Waals surface area contributed by atoms with Crippen molar-refractivity contribution in [2.75, 3.05) is 11.8 Å². The molecule has 3 rings (SSSR count). The molecular formula is C17H19N3O4S. The largest absolute Gasteiger partial charge is 0.495 e. The molecule has 0 saturated heterocycles. The molecule has 1 aromatic heterocycles. The van der Waals surface area contributed by atoms with E-state index in [1.807, 2.05) is 6.07 Å². The number of nitrogens with zero attached hydrogens (tertiary/aromatic N) is 2. The summed E-state index contributed by atoms with van der Waals surface area (Å²) in [5, 5.41) is 7.37. The molecule has 0 amide bonds. The third kappa shape index (κ3) is 3.30. The molecule has 0 atom stereocenters. The van der Waals surface area contributed by atoms with Crippen LogP contribution in [0.4, 0.5) is 5.69 Å². The van der Waals surface area contributed by atoms with Crippen molar-refractivity contribution >= 4 is 26.7 Å². The van der Waals surface area contributed by atoms with Crippen LogP contribution >= 0.6 is 0 Å². The fourth-order valence-electron chi connectivity index (χ4n) is 2.45. The molecule has 8 heteroatoms. The number of nitrogens with one attached hydrogen (secondary N) is 1. The number of sulfonamides is 1. The third-order valence-electron chi connectivity index (χ3n) is 3.85. The smallest absolute Gasteiger partial charge is 0.264 e. The Morgan fingerprint density at radius 2 is 1.88 bits per heavy atom. The van der Waals surface area contributed by atoms with Gasteiger partial charge >= 0.3 is 0 Å². The number of methoxy groups -OCH3 is 1. The van der Waals surface area contributed by atoms with Crippen LogP contribution in [0, 0.1) is 0 Å². The highest BCUT2D eigenvalue weighted by Crippen LogP contribution is 2.33. The number of hydrogen-bond acceptors (Lipinski definition) is 6. The maximum atomic E-state index is 12.9. The summed E-state index contributed by atoms with van der Waals surface area (Å²) in [6.07, 6.45) is 0. The molecule has 2 aromatic carbocycles. The summed E-state index contributed by atoms with van der Waals surface area (Å²) >= 11 is 0. The summed E-state index contributed by atoms with van der Waals surface area (Å²) < 4.78 is 38.3. The number of anilines is 1. The van der Waals surface area contributed by atoms with Gasteiger partial charge in [0, 0.05) is 0 Å². The normalized spacial score (nSPS) is 12.3. The highest BCUT2D eigenvalue weighted by Gasteiger charge is 2.23. The molecule has 1 N–H and O–H groups in total. The number of fused-ring (bicyclic) bond motifs is 1. The number of aromatic nitrogens is 2. The van der Waals surface area contributed by atoms with E-state index >= 15 is 0 Å². The van der Waals surface area contributed by atoms with Crippen molar-refractivity contribution in [2.24, 2.45) is 0 Å². The molecule has 0 radical (unpaired) electrons. The van der Waals surface area contributed by atoms with E-state index in [1.165, 1.54) is 13.2 Å². The second kappa shape index (κ2) is 6.03. The first-order chi connectivity index (χ1) is 11.7. The second-order valence-corrected chi connectivity index (χ2v) is 8.31. The van der Waals surface area contributed by atoms with Gasteiger partial charge in [-0.15, -0.1) is 0 Å². The van der Waals surface area contributed by atoms with Gasteiger partial charge in [-0.1, -0.05) is 32.9 Å². The van der Waals surface area contributed by atoms with E-state index in [9.17, 15) is 8.42 Å². The quantitative estimate of drug-likeness (QED) is 0.766. The minimum absolute atomic E-state index is 0.00513. The van der Waals surface area contributed by atoms with Crippen LogP contribution in [-0.2, 0) is 15.4 Å². The van der Waals surface area contributed by atoms with E-state index in [0.717, 1.165) is 5.56 Å². The molecule has 7 nitrogen and oxygen atoms in total. The predicted octanol–water partition coefficient (Wildman–Crippen LogP) is 3.33. The highest BCUT2D eigenvalue weighted by atomic mass is 32.2. The molecule has 0 saturated carbocycles. The third-order valence-corrected chi connectivity index (χ3v) is 5.25. The minimum Gasteiger partial charge on any atom is -0.495 e.